The van der Waals surface area contributed by atoms with Gasteiger partial charge in [0.1, 0.15) is 18.0 Å². The van der Waals surface area contributed by atoms with Gasteiger partial charge in [-0.15, -0.1) is 0 Å². The lowest BCUT2D eigenvalue weighted by Gasteiger charge is -2.19. The Kier molecular flexibility index (Phi) is 3.85. The predicted octanol–water partition coefficient (Wildman–Crippen LogP) is 0.729. The van der Waals surface area contributed by atoms with E-state index in [4.69, 9.17) is 5.73 Å². The Morgan fingerprint density at radius 2 is 2.13 bits per heavy atom. The highest BCUT2D eigenvalue weighted by molar-refractivity contribution is 5.54. The summed E-state index contributed by atoms with van der Waals surface area (Å²) < 4.78 is 0. The van der Waals surface area contributed by atoms with E-state index >= 15 is 0 Å². The highest BCUT2D eigenvalue weighted by atomic mass is 15.1. The number of aromatic nitrogens is 2. The van der Waals surface area contributed by atoms with Gasteiger partial charge in [-0.25, -0.2) is 9.97 Å². The van der Waals surface area contributed by atoms with Gasteiger partial charge >= 0.3 is 0 Å². The fraction of sp³-hybridized carbons (Fsp3) is 0.600. The van der Waals surface area contributed by atoms with Crippen LogP contribution in [0.3, 0.4) is 0 Å². The van der Waals surface area contributed by atoms with Crippen molar-refractivity contribution < 1.29 is 0 Å². The van der Waals surface area contributed by atoms with E-state index in [9.17, 15) is 0 Å². The number of hydrogen-bond donors (Lipinski definition) is 2. The molecule has 0 aromatic carbocycles. The van der Waals surface area contributed by atoms with Gasteiger partial charge in [0.05, 0.1) is 0 Å². The molecule has 15 heavy (non-hydrogen) atoms. The molecule has 84 valence electrons. The van der Waals surface area contributed by atoms with Crippen LogP contribution in [-0.4, -0.2) is 41.5 Å². The highest BCUT2D eigenvalue weighted by Crippen LogP contribution is 2.15. The van der Waals surface area contributed by atoms with E-state index < -0.39 is 0 Å². The van der Waals surface area contributed by atoms with Gasteiger partial charge in [0, 0.05) is 18.2 Å². The number of rotatable bonds is 4. The molecule has 0 saturated heterocycles. The maximum Gasteiger partial charge on any atom is 0.134 e. The number of anilines is 2. The van der Waals surface area contributed by atoms with Crippen LogP contribution in [-0.2, 0) is 0 Å². The van der Waals surface area contributed by atoms with Crippen LogP contribution in [0.2, 0.25) is 0 Å². The number of nitrogens with one attached hydrogen (secondary N) is 1. The summed E-state index contributed by atoms with van der Waals surface area (Å²) in [6, 6.07) is 0.327. The minimum Gasteiger partial charge on any atom is -0.383 e. The maximum atomic E-state index is 5.70. The third-order valence-electron chi connectivity index (χ3n) is 2.15. The third kappa shape index (κ3) is 3.36. The standard InChI is InChI=1S/C10H19N5/c1-7(5-15(3)4)14-10-8(2)9(11)12-6-13-10/h6-7H,5H2,1-4H3,(H3,11,12,13,14). The van der Waals surface area contributed by atoms with E-state index in [2.05, 4.69) is 27.1 Å². The lowest BCUT2D eigenvalue weighted by atomic mass is 10.2. The van der Waals surface area contributed by atoms with E-state index in [1.807, 2.05) is 21.0 Å². The second-order valence-electron chi connectivity index (χ2n) is 4.04. The van der Waals surface area contributed by atoms with Gasteiger partial charge in [0.2, 0.25) is 0 Å². The second kappa shape index (κ2) is 4.93. The molecule has 0 aliphatic rings. The molecule has 1 unspecified atom stereocenters. The molecule has 0 aliphatic carbocycles. The van der Waals surface area contributed by atoms with Crippen LogP contribution in [0.5, 0.6) is 0 Å². The van der Waals surface area contributed by atoms with E-state index in [-0.39, 0.29) is 0 Å². The van der Waals surface area contributed by atoms with Gasteiger partial charge in [-0.05, 0) is 27.9 Å². The van der Waals surface area contributed by atoms with Gasteiger partial charge in [0.25, 0.3) is 0 Å². The van der Waals surface area contributed by atoms with E-state index in [0.29, 0.717) is 11.9 Å². The first kappa shape index (κ1) is 11.7. The van der Waals surface area contributed by atoms with Gasteiger partial charge in [-0.1, -0.05) is 0 Å². The summed E-state index contributed by atoms with van der Waals surface area (Å²) in [6.45, 7) is 4.97. The molecule has 0 bridgehead atoms. The molecule has 1 aromatic rings. The molecule has 0 saturated carbocycles. The summed E-state index contributed by atoms with van der Waals surface area (Å²) in [5.41, 5.74) is 6.60. The van der Waals surface area contributed by atoms with Crippen molar-refractivity contribution in [2.75, 3.05) is 31.7 Å². The average molecular weight is 209 g/mol. The second-order valence-corrected chi connectivity index (χ2v) is 4.04. The zero-order valence-corrected chi connectivity index (χ0v) is 9.78. The van der Waals surface area contributed by atoms with Crippen molar-refractivity contribution in [2.24, 2.45) is 0 Å². The first-order valence-corrected chi connectivity index (χ1v) is 4.99. The van der Waals surface area contributed by atoms with E-state index in [1.54, 1.807) is 0 Å². The number of nitrogens with zero attached hydrogens (tertiary/aromatic N) is 3. The zero-order chi connectivity index (χ0) is 11.4. The highest BCUT2D eigenvalue weighted by Gasteiger charge is 2.08. The van der Waals surface area contributed by atoms with Crippen LogP contribution in [0.4, 0.5) is 11.6 Å². The Bertz CT molecular complexity index is 324. The van der Waals surface area contributed by atoms with Crippen molar-refractivity contribution in [1.82, 2.24) is 14.9 Å². The number of likely N-dealkylation sites (N-methyl/N-ethyl adjacent to an activating group) is 1. The Hall–Kier alpha value is -1.36. The molecule has 1 rings (SSSR count). The Morgan fingerprint density at radius 3 is 2.73 bits per heavy atom. The summed E-state index contributed by atoms with van der Waals surface area (Å²) in [4.78, 5) is 10.2. The third-order valence-corrected chi connectivity index (χ3v) is 2.15. The maximum absolute atomic E-state index is 5.70. The predicted molar refractivity (Wildman–Crippen MR) is 62.8 cm³/mol. The molecule has 0 amide bonds. The molecule has 0 spiro atoms. The van der Waals surface area contributed by atoms with Crippen molar-refractivity contribution in [1.29, 1.82) is 0 Å². The first-order chi connectivity index (χ1) is 7.00. The number of hydrogen-bond acceptors (Lipinski definition) is 5. The van der Waals surface area contributed by atoms with Gasteiger partial charge in [-0.2, -0.15) is 0 Å². The largest absolute Gasteiger partial charge is 0.383 e. The normalized spacial score (nSPS) is 12.9. The van der Waals surface area contributed by atoms with Crippen molar-refractivity contribution in [3.63, 3.8) is 0 Å². The molecule has 0 radical (unpaired) electrons. The topological polar surface area (TPSA) is 67.1 Å². The molecule has 1 aromatic heterocycles. The minimum absolute atomic E-state index is 0.327. The van der Waals surface area contributed by atoms with Gasteiger partial charge in [0.15, 0.2) is 0 Å². The van der Waals surface area contributed by atoms with Crippen LogP contribution >= 0.6 is 0 Å². The van der Waals surface area contributed by atoms with Crippen molar-refractivity contribution >= 4 is 11.6 Å². The number of nitrogens with two attached hydrogens (primary N) is 1. The summed E-state index contributed by atoms with van der Waals surface area (Å²) in [5.74, 6) is 1.35. The van der Waals surface area contributed by atoms with Gasteiger partial charge < -0.3 is 16.0 Å². The fourth-order valence-electron chi connectivity index (χ4n) is 1.44. The van der Waals surface area contributed by atoms with Crippen LogP contribution < -0.4 is 11.1 Å². The molecule has 5 heteroatoms. The molecular formula is C10H19N5. The van der Waals surface area contributed by atoms with Crippen LogP contribution in [0.1, 0.15) is 12.5 Å². The SMILES string of the molecule is Cc1c(N)ncnc1NC(C)CN(C)C. The van der Waals surface area contributed by atoms with Crippen molar-refractivity contribution in [2.45, 2.75) is 19.9 Å². The van der Waals surface area contributed by atoms with Gasteiger partial charge in [-0.3, -0.25) is 0 Å². The average Bonchev–Trinajstić information content (AvgIpc) is 2.11. The molecule has 0 aliphatic heterocycles. The Labute approximate surface area is 90.7 Å². The van der Waals surface area contributed by atoms with Crippen molar-refractivity contribution in [3.05, 3.63) is 11.9 Å². The lowest BCUT2D eigenvalue weighted by Crippen LogP contribution is -2.30. The molecule has 0 fully saturated rings. The Balaban J connectivity index is 2.68. The molecule has 1 atom stereocenters. The molecule has 1 heterocycles. The summed E-state index contributed by atoms with van der Waals surface area (Å²) in [5, 5.41) is 3.31. The molecular weight excluding hydrogens is 190 g/mol. The first-order valence-electron chi connectivity index (χ1n) is 4.99. The van der Waals surface area contributed by atoms with E-state index in [1.165, 1.54) is 6.33 Å². The lowest BCUT2D eigenvalue weighted by molar-refractivity contribution is 0.392. The monoisotopic (exact) mass is 209 g/mol. The van der Waals surface area contributed by atoms with E-state index in [0.717, 1.165) is 17.9 Å². The summed E-state index contributed by atoms with van der Waals surface area (Å²) in [7, 11) is 4.08. The molecule has 3 N–H and O–H groups in total. The number of nitrogen functional groups attached to an aromatic ring is 1. The van der Waals surface area contributed by atoms with Crippen LogP contribution in [0, 0.1) is 6.92 Å². The van der Waals surface area contributed by atoms with Crippen LogP contribution in [0.25, 0.3) is 0 Å². The summed E-state index contributed by atoms with van der Waals surface area (Å²) >= 11 is 0. The van der Waals surface area contributed by atoms with Crippen molar-refractivity contribution in [3.8, 4) is 0 Å². The smallest absolute Gasteiger partial charge is 0.134 e. The Morgan fingerprint density at radius 1 is 1.47 bits per heavy atom. The minimum atomic E-state index is 0.327. The quantitative estimate of drug-likeness (QED) is 0.765. The summed E-state index contributed by atoms with van der Waals surface area (Å²) in [6.07, 6.45) is 1.48. The zero-order valence-electron chi connectivity index (χ0n) is 9.78. The van der Waals surface area contributed by atoms with Crippen LogP contribution in [0.15, 0.2) is 6.33 Å². The fourth-order valence-corrected chi connectivity index (χ4v) is 1.44. The molecule has 5 nitrogen and oxygen atoms in total.